The molecular formula is C21H28O6. The van der Waals surface area contributed by atoms with Gasteiger partial charge in [-0.2, -0.15) is 0 Å². The first kappa shape index (κ1) is 20.9. The van der Waals surface area contributed by atoms with Crippen LogP contribution >= 0.6 is 0 Å². The zero-order valence-corrected chi connectivity index (χ0v) is 15.9. The third-order valence-corrected chi connectivity index (χ3v) is 4.69. The van der Waals surface area contributed by atoms with Crippen molar-refractivity contribution in [3.63, 3.8) is 0 Å². The van der Waals surface area contributed by atoms with Crippen LogP contribution in [0.3, 0.4) is 0 Å². The average molecular weight is 376 g/mol. The van der Waals surface area contributed by atoms with E-state index in [1.165, 1.54) is 0 Å². The van der Waals surface area contributed by atoms with Gasteiger partial charge < -0.3 is 14.2 Å². The molecule has 0 spiro atoms. The number of benzene rings is 1. The third-order valence-electron chi connectivity index (χ3n) is 4.69. The number of hydrogen-bond acceptors (Lipinski definition) is 6. The van der Waals surface area contributed by atoms with Crippen LogP contribution in [0.1, 0.15) is 51.0 Å². The molecule has 1 aromatic carbocycles. The highest BCUT2D eigenvalue weighted by molar-refractivity contribution is 5.83. The first-order valence-corrected chi connectivity index (χ1v) is 9.64. The molecule has 1 fully saturated rings. The van der Waals surface area contributed by atoms with Crippen LogP contribution in [0.4, 0.5) is 0 Å². The fraction of sp³-hybridized carbons (Fsp3) is 0.571. The number of esters is 3. The normalized spacial score (nSPS) is 19.1. The largest absolute Gasteiger partial charge is 0.463 e. The van der Waals surface area contributed by atoms with E-state index in [0.29, 0.717) is 19.4 Å². The molecule has 0 unspecified atom stereocenters. The molecule has 2 rings (SSSR count). The molecule has 0 amide bonds. The second kappa shape index (κ2) is 11.4. The van der Waals surface area contributed by atoms with Gasteiger partial charge in [-0.05, 0) is 24.8 Å². The van der Waals surface area contributed by atoms with Crippen molar-refractivity contribution in [2.75, 3.05) is 13.2 Å². The maximum Gasteiger partial charge on any atom is 0.344 e. The number of carbonyl (C=O) groups is 3. The van der Waals surface area contributed by atoms with Crippen LogP contribution < -0.4 is 0 Å². The third kappa shape index (κ3) is 7.04. The first-order chi connectivity index (χ1) is 13.1. The Hall–Kier alpha value is -2.37. The maximum atomic E-state index is 12.5. The second-order valence-electron chi connectivity index (χ2n) is 6.77. The lowest BCUT2D eigenvalue weighted by Gasteiger charge is -2.28. The van der Waals surface area contributed by atoms with Gasteiger partial charge in [-0.25, -0.2) is 4.79 Å². The van der Waals surface area contributed by atoms with Gasteiger partial charge in [0.1, 0.15) is 6.61 Å². The number of carbonyl (C=O) groups excluding carboxylic acids is 3. The maximum absolute atomic E-state index is 12.5. The molecule has 1 aromatic rings. The van der Waals surface area contributed by atoms with E-state index in [9.17, 15) is 14.4 Å². The molecule has 6 heteroatoms. The van der Waals surface area contributed by atoms with Crippen LogP contribution in [0.15, 0.2) is 30.3 Å². The van der Waals surface area contributed by atoms with E-state index in [2.05, 4.69) is 0 Å². The van der Waals surface area contributed by atoms with Gasteiger partial charge >= 0.3 is 17.9 Å². The van der Waals surface area contributed by atoms with Crippen LogP contribution in [0, 0.1) is 11.8 Å². The second-order valence-corrected chi connectivity index (χ2v) is 6.77. The Kier molecular flexibility index (Phi) is 8.81. The van der Waals surface area contributed by atoms with E-state index in [0.717, 1.165) is 31.2 Å². The number of rotatable bonds is 9. The van der Waals surface area contributed by atoms with Gasteiger partial charge in [0, 0.05) is 0 Å². The summed E-state index contributed by atoms with van der Waals surface area (Å²) in [5, 5.41) is 0. The van der Waals surface area contributed by atoms with Crippen molar-refractivity contribution < 1.29 is 28.6 Å². The van der Waals surface area contributed by atoms with Crippen LogP contribution in [0.2, 0.25) is 0 Å². The lowest BCUT2D eigenvalue weighted by molar-refractivity contribution is -0.168. The minimum Gasteiger partial charge on any atom is -0.463 e. The predicted octanol–water partition coefficient (Wildman–Crippen LogP) is 3.42. The van der Waals surface area contributed by atoms with Crippen molar-refractivity contribution in [3.8, 4) is 0 Å². The Morgan fingerprint density at radius 2 is 1.56 bits per heavy atom. The van der Waals surface area contributed by atoms with Crippen LogP contribution in [0.25, 0.3) is 0 Å². The molecular weight excluding hydrogens is 348 g/mol. The molecule has 0 saturated heterocycles. The SMILES string of the molecule is CCCCOC(=O)COC(=O)[C@@H]1CCCC[C@@H]1C(=O)OCc1ccccc1. The molecule has 148 valence electrons. The summed E-state index contributed by atoms with van der Waals surface area (Å²) >= 11 is 0. The fourth-order valence-electron chi connectivity index (χ4n) is 3.14. The molecule has 0 aliphatic heterocycles. The summed E-state index contributed by atoms with van der Waals surface area (Å²) in [6.45, 7) is 2.09. The zero-order chi connectivity index (χ0) is 19.5. The van der Waals surface area contributed by atoms with Crippen LogP contribution in [0.5, 0.6) is 0 Å². The van der Waals surface area contributed by atoms with Crippen LogP contribution in [-0.4, -0.2) is 31.1 Å². The van der Waals surface area contributed by atoms with Gasteiger partial charge in [0.2, 0.25) is 0 Å². The summed E-state index contributed by atoms with van der Waals surface area (Å²) in [5.41, 5.74) is 0.899. The highest BCUT2D eigenvalue weighted by Crippen LogP contribution is 2.32. The fourth-order valence-corrected chi connectivity index (χ4v) is 3.14. The van der Waals surface area contributed by atoms with E-state index in [4.69, 9.17) is 14.2 Å². The lowest BCUT2D eigenvalue weighted by atomic mass is 9.79. The molecule has 0 bridgehead atoms. The van der Waals surface area contributed by atoms with Gasteiger partial charge in [-0.1, -0.05) is 56.5 Å². The number of unbranched alkanes of at least 4 members (excludes halogenated alkanes) is 1. The summed E-state index contributed by atoms with van der Waals surface area (Å²) in [6.07, 6.45) is 4.57. The molecule has 1 aliphatic carbocycles. The van der Waals surface area contributed by atoms with E-state index < -0.39 is 30.4 Å². The molecule has 0 heterocycles. The highest BCUT2D eigenvalue weighted by atomic mass is 16.6. The topological polar surface area (TPSA) is 78.9 Å². The van der Waals surface area contributed by atoms with Crippen LogP contribution in [-0.2, 0) is 35.2 Å². The van der Waals surface area contributed by atoms with E-state index in [-0.39, 0.29) is 12.6 Å². The molecule has 1 saturated carbocycles. The highest BCUT2D eigenvalue weighted by Gasteiger charge is 2.38. The first-order valence-electron chi connectivity index (χ1n) is 9.64. The van der Waals surface area contributed by atoms with Crippen molar-refractivity contribution in [2.24, 2.45) is 11.8 Å². The summed E-state index contributed by atoms with van der Waals surface area (Å²) < 4.78 is 15.5. The van der Waals surface area contributed by atoms with Gasteiger partial charge in [0.25, 0.3) is 0 Å². The van der Waals surface area contributed by atoms with Gasteiger partial charge in [-0.15, -0.1) is 0 Å². The smallest absolute Gasteiger partial charge is 0.344 e. The van der Waals surface area contributed by atoms with E-state index >= 15 is 0 Å². The predicted molar refractivity (Wildman–Crippen MR) is 98.5 cm³/mol. The number of ether oxygens (including phenoxy) is 3. The molecule has 27 heavy (non-hydrogen) atoms. The summed E-state index contributed by atoms with van der Waals surface area (Å²) in [6, 6.07) is 9.41. The lowest BCUT2D eigenvalue weighted by Crippen LogP contribution is -2.35. The van der Waals surface area contributed by atoms with Crippen molar-refractivity contribution >= 4 is 17.9 Å². The average Bonchev–Trinajstić information content (AvgIpc) is 2.71. The molecule has 6 nitrogen and oxygen atoms in total. The van der Waals surface area contributed by atoms with Crippen molar-refractivity contribution in [2.45, 2.75) is 52.1 Å². The van der Waals surface area contributed by atoms with E-state index in [1.807, 2.05) is 37.3 Å². The Morgan fingerprint density at radius 1 is 0.926 bits per heavy atom. The minimum atomic E-state index is -0.564. The van der Waals surface area contributed by atoms with E-state index in [1.54, 1.807) is 0 Å². The molecule has 0 radical (unpaired) electrons. The molecule has 0 N–H and O–H groups in total. The van der Waals surface area contributed by atoms with Crippen molar-refractivity contribution in [1.29, 1.82) is 0 Å². The number of hydrogen-bond donors (Lipinski definition) is 0. The summed E-state index contributed by atoms with van der Waals surface area (Å²) in [7, 11) is 0. The van der Waals surface area contributed by atoms with Crippen molar-refractivity contribution in [3.05, 3.63) is 35.9 Å². The Morgan fingerprint density at radius 3 is 2.19 bits per heavy atom. The Labute approximate surface area is 160 Å². The van der Waals surface area contributed by atoms with Crippen molar-refractivity contribution in [1.82, 2.24) is 0 Å². The summed E-state index contributed by atoms with van der Waals surface area (Å²) in [5.74, 6) is -2.55. The Balaban J connectivity index is 1.83. The standard InChI is InChI=1S/C21H28O6/c1-2-3-13-25-19(22)15-27-21(24)18-12-8-7-11-17(18)20(23)26-14-16-9-5-4-6-10-16/h4-6,9-10,17-18H,2-3,7-8,11-15H2,1H3/t17-,18+/m0/s1. The zero-order valence-electron chi connectivity index (χ0n) is 15.9. The Bertz CT molecular complexity index is 612. The summed E-state index contributed by atoms with van der Waals surface area (Å²) in [4.78, 5) is 36.4. The van der Waals surface area contributed by atoms with Gasteiger partial charge in [-0.3, -0.25) is 9.59 Å². The van der Waals surface area contributed by atoms with Gasteiger partial charge in [0.05, 0.1) is 18.4 Å². The molecule has 1 aliphatic rings. The quantitative estimate of drug-likeness (QED) is 0.373. The minimum absolute atomic E-state index is 0.182. The monoisotopic (exact) mass is 376 g/mol. The molecule has 2 atom stereocenters. The van der Waals surface area contributed by atoms with Gasteiger partial charge in [0.15, 0.2) is 6.61 Å². The molecule has 0 aromatic heterocycles.